The smallest absolute Gasteiger partial charge is 0.338 e. The van der Waals surface area contributed by atoms with Crippen molar-refractivity contribution in [1.29, 1.82) is 0 Å². The van der Waals surface area contributed by atoms with Crippen molar-refractivity contribution in [1.82, 2.24) is 5.32 Å². The molecule has 3 amide bonds. The fraction of sp³-hybridized carbons (Fsp3) is 0.192. The standard InChI is InChI=1S/C26H28N4O4/c1-18(2)30(23-14-12-22(13-15-23)29-21-6-4-3-5-7-21)24(31)17-34-25(32)20-10-8-19(9-11-20)16-28-26(27)33/h3-15,18,29H,16-17H2,1-2H3,(H3,27,28,33). The van der Waals surface area contributed by atoms with Crippen LogP contribution in [-0.4, -0.2) is 30.6 Å². The molecule has 34 heavy (non-hydrogen) atoms. The molecule has 0 unspecified atom stereocenters. The molecule has 0 aliphatic rings. The van der Waals surface area contributed by atoms with Gasteiger partial charge in [-0.15, -0.1) is 0 Å². The van der Waals surface area contributed by atoms with Crippen LogP contribution in [0.4, 0.5) is 21.9 Å². The van der Waals surface area contributed by atoms with Gasteiger partial charge in [-0.3, -0.25) is 4.79 Å². The second-order valence-corrected chi connectivity index (χ2v) is 7.89. The molecule has 176 valence electrons. The van der Waals surface area contributed by atoms with Gasteiger partial charge in [0, 0.05) is 29.6 Å². The van der Waals surface area contributed by atoms with E-state index in [9.17, 15) is 14.4 Å². The molecule has 4 N–H and O–H groups in total. The summed E-state index contributed by atoms with van der Waals surface area (Å²) in [5.41, 5.74) is 8.71. The van der Waals surface area contributed by atoms with Gasteiger partial charge in [0.2, 0.25) is 0 Å². The number of urea groups is 1. The van der Waals surface area contributed by atoms with E-state index in [2.05, 4.69) is 10.6 Å². The fourth-order valence-electron chi connectivity index (χ4n) is 3.35. The lowest BCUT2D eigenvalue weighted by Gasteiger charge is -2.27. The number of hydrogen-bond donors (Lipinski definition) is 3. The number of anilines is 3. The normalized spacial score (nSPS) is 10.4. The fourth-order valence-corrected chi connectivity index (χ4v) is 3.35. The van der Waals surface area contributed by atoms with Gasteiger partial charge in [0.15, 0.2) is 6.61 Å². The van der Waals surface area contributed by atoms with Crippen molar-refractivity contribution >= 4 is 35.0 Å². The van der Waals surface area contributed by atoms with Crippen LogP contribution < -0.4 is 21.3 Å². The summed E-state index contributed by atoms with van der Waals surface area (Å²) in [6.45, 7) is 3.67. The summed E-state index contributed by atoms with van der Waals surface area (Å²) in [6, 6.07) is 23.0. The van der Waals surface area contributed by atoms with E-state index < -0.39 is 12.0 Å². The number of nitrogens with zero attached hydrogens (tertiary/aromatic N) is 1. The summed E-state index contributed by atoms with van der Waals surface area (Å²) in [6.07, 6.45) is 0. The molecule has 3 rings (SSSR count). The summed E-state index contributed by atoms with van der Waals surface area (Å²) in [5.74, 6) is -0.928. The third-order valence-electron chi connectivity index (χ3n) is 4.98. The summed E-state index contributed by atoms with van der Waals surface area (Å²) in [5, 5.41) is 5.78. The first-order chi connectivity index (χ1) is 16.3. The number of primary amides is 1. The minimum atomic E-state index is -0.626. The van der Waals surface area contributed by atoms with Crippen LogP contribution >= 0.6 is 0 Å². The molecule has 0 saturated heterocycles. The number of benzene rings is 3. The van der Waals surface area contributed by atoms with Crippen molar-refractivity contribution in [2.24, 2.45) is 5.73 Å². The number of esters is 1. The average Bonchev–Trinajstić information content (AvgIpc) is 2.83. The minimum Gasteiger partial charge on any atom is -0.452 e. The van der Waals surface area contributed by atoms with Gasteiger partial charge in [-0.2, -0.15) is 0 Å². The zero-order chi connectivity index (χ0) is 24.5. The van der Waals surface area contributed by atoms with Crippen molar-refractivity contribution in [2.45, 2.75) is 26.4 Å². The van der Waals surface area contributed by atoms with Crippen molar-refractivity contribution in [3.8, 4) is 0 Å². The quantitative estimate of drug-likeness (QED) is 0.414. The van der Waals surface area contributed by atoms with Gasteiger partial charge >= 0.3 is 12.0 Å². The molecule has 0 aliphatic carbocycles. The zero-order valence-electron chi connectivity index (χ0n) is 19.2. The van der Waals surface area contributed by atoms with Crippen molar-refractivity contribution < 1.29 is 19.1 Å². The molecule has 0 radical (unpaired) electrons. The molecule has 0 spiro atoms. The first kappa shape index (κ1) is 24.3. The third-order valence-corrected chi connectivity index (χ3v) is 4.98. The molecule has 0 aliphatic heterocycles. The Morgan fingerprint density at radius 1 is 0.882 bits per heavy atom. The highest BCUT2D eigenvalue weighted by Crippen LogP contribution is 2.23. The monoisotopic (exact) mass is 460 g/mol. The maximum Gasteiger partial charge on any atom is 0.338 e. The van der Waals surface area contributed by atoms with E-state index in [0.717, 1.165) is 16.9 Å². The Labute approximate surface area is 198 Å². The summed E-state index contributed by atoms with van der Waals surface area (Å²) < 4.78 is 5.25. The molecule has 3 aromatic rings. The van der Waals surface area contributed by atoms with Crippen LogP contribution in [0.25, 0.3) is 0 Å². The number of carbonyl (C=O) groups is 3. The highest BCUT2D eigenvalue weighted by molar-refractivity contribution is 5.97. The Bertz CT molecular complexity index is 1110. The predicted molar refractivity (Wildman–Crippen MR) is 132 cm³/mol. The maximum atomic E-state index is 12.9. The molecular formula is C26H28N4O4. The van der Waals surface area contributed by atoms with Crippen molar-refractivity contribution in [3.63, 3.8) is 0 Å². The zero-order valence-corrected chi connectivity index (χ0v) is 19.2. The Morgan fingerprint density at radius 2 is 1.50 bits per heavy atom. The molecule has 8 nitrogen and oxygen atoms in total. The number of hydrogen-bond acceptors (Lipinski definition) is 5. The van der Waals surface area contributed by atoms with Gasteiger partial charge in [-0.25, -0.2) is 9.59 Å². The molecular weight excluding hydrogens is 432 g/mol. The summed E-state index contributed by atoms with van der Waals surface area (Å²) in [4.78, 5) is 37.7. The molecule has 0 bridgehead atoms. The van der Waals surface area contributed by atoms with Crippen LogP contribution in [-0.2, 0) is 16.1 Å². The van der Waals surface area contributed by atoms with Gasteiger partial charge in [-0.1, -0.05) is 30.3 Å². The predicted octanol–water partition coefficient (Wildman–Crippen LogP) is 4.20. The van der Waals surface area contributed by atoms with Gasteiger partial charge in [0.05, 0.1) is 5.56 Å². The number of para-hydroxylation sites is 1. The van der Waals surface area contributed by atoms with E-state index in [1.807, 2.05) is 68.4 Å². The van der Waals surface area contributed by atoms with Crippen molar-refractivity contribution in [3.05, 3.63) is 90.0 Å². The lowest BCUT2D eigenvalue weighted by molar-refractivity contribution is -0.122. The Morgan fingerprint density at radius 3 is 2.09 bits per heavy atom. The highest BCUT2D eigenvalue weighted by Gasteiger charge is 2.21. The van der Waals surface area contributed by atoms with Gasteiger partial charge in [-0.05, 0) is 67.9 Å². The lowest BCUT2D eigenvalue weighted by atomic mass is 10.1. The number of carbonyl (C=O) groups excluding carboxylic acids is 3. The number of rotatable bonds is 9. The highest BCUT2D eigenvalue weighted by atomic mass is 16.5. The van der Waals surface area contributed by atoms with Crippen LogP contribution in [0, 0.1) is 0 Å². The van der Waals surface area contributed by atoms with Crippen molar-refractivity contribution in [2.75, 3.05) is 16.8 Å². The lowest BCUT2D eigenvalue weighted by Crippen LogP contribution is -2.39. The van der Waals surface area contributed by atoms with Crippen LogP contribution in [0.5, 0.6) is 0 Å². The largest absolute Gasteiger partial charge is 0.452 e. The second-order valence-electron chi connectivity index (χ2n) is 7.89. The van der Waals surface area contributed by atoms with Crippen LogP contribution in [0.2, 0.25) is 0 Å². The molecule has 0 saturated carbocycles. The van der Waals surface area contributed by atoms with Crippen LogP contribution in [0.1, 0.15) is 29.8 Å². The second kappa shape index (κ2) is 11.5. The number of nitrogens with two attached hydrogens (primary N) is 1. The van der Waals surface area contributed by atoms with Gasteiger partial charge in [0.1, 0.15) is 0 Å². The SMILES string of the molecule is CC(C)N(C(=O)COC(=O)c1ccc(CNC(N)=O)cc1)c1ccc(Nc2ccccc2)cc1. The average molecular weight is 461 g/mol. The number of ether oxygens (including phenoxy) is 1. The first-order valence-corrected chi connectivity index (χ1v) is 10.9. The first-order valence-electron chi connectivity index (χ1n) is 10.9. The number of nitrogens with one attached hydrogen (secondary N) is 2. The van der Waals surface area contributed by atoms with E-state index in [-0.39, 0.29) is 25.1 Å². The molecule has 0 fully saturated rings. The van der Waals surface area contributed by atoms with E-state index >= 15 is 0 Å². The summed E-state index contributed by atoms with van der Waals surface area (Å²) >= 11 is 0. The maximum absolute atomic E-state index is 12.9. The number of amides is 3. The summed E-state index contributed by atoms with van der Waals surface area (Å²) in [7, 11) is 0. The topological polar surface area (TPSA) is 114 Å². The molecule has 8 heteroatoms. The molecule has 0 atom stereocenters. The van der Waals surface area contributed by atoms with E-state index in [1.54, 1.807) is 29.2 Å². The van der Waals surface area contributed by atoms with Crippen LogP contribution in [0.3, 0.4) is 0 Å². The Kier molecular flexibility index (Phi) is 8.23. The Hall–Kier alpha value is -4.33. The van der Waals surface area contributed by atoms with E-state index in [4.69, 9.17) is 10.5 Å². The van der Waals surface area contributed by atoms with E-state index in [1.165, 1.54) is 0 Å². The van der Waals surface area contributed by atoms with Gasteiger partial charge < -0.3 is 26.0 Å². The molecule has 0 aromatic heterocycles. The Balaban J connectivity index is 1.59. The molecule has 3 aromatic carbocycles. The van der Waals surface area contributed by atoms with Crippen LogP contribution in [0.15, 0.2) is 78.9 Å². The third kappa shape index (κ3) is 6.83. The van der Waals surface area contributed by atoms with Gasteiger partial charge in [0.25, 0.3) is 5.91 Å². The minimum absolute atomic E-state index is 0.129. The van der Waals surface area contributed by atoms with E-state index in [0.29, 0.717) is 11.3 Å². The molecule has 0 heterocycles.